The molecule has 2 aromatic rings. The lowest BCUT2D eigenvalue weighted by atomic mass is 10.2. The van der Waals surface area contributed by atoms with Crippen molar-refractivity contribution in [2.45, 2.75) is 19.9 Å². The Morgan fingerprint density at radius 1 is 1.23 bits per heavy atom. The van der Waals surface area contributed by atoms with Gasteiger partial charge in [0, 0.05) is 38.3 Å². The van der Waals surface area contributed by atoms with Gasteiger partial charge >= 0.3 is 0 Å². The highest BCUT2D eigenvalue weighted by Gasteiger charge is 2.27. The molecular weight excluding hydrogens is 408 g/mol. The smallest absolute Gasteiger partial charge is 0.271 e. The van der Waals surface area contributed by atoms with E-state index in [9.17, 15) is 14.9 Å². The highest BCUT2D eigenvalue weighted by atomic mass is 35.5. The summed E-state index contributed by atoms with van der Waals surface area (Å²) in [5, 5.41) is 13.7. The van der Waals surface area contributed by atoms with E-state index in [2.05, 4.69) is 15.1 Å². The van der Waals surface area contributed by atoms with E-state index < -0.39 is 4.92 Å². The van der Waals surface area contributed by atoms with Crippen LogP contribution in [0.3, 0.4) is 0 Å². The molecule has 2 aromatic carbocycles. The van der Waals surface area contributed by atoms with Crippen molar-refractivity contribution in [2.75, 3.05) is 43.0 Å². The van der Waals surface area contributed by atoms with Crippen molar-refractivity contribution in [2.24, 2.45) is 0 Å². The second-order valence-electron chi connectivity index (χ2n) is 7.01. The van der Waals surface area contributed by atoms with Crippen LogP contribution in [0.25, 0.3) is 0 Å². The van der Waals surface area contributed by atoms with Crippen molar-refractivity contribution in [3.63, 3.8) is 0 Å². The number of piperazine rings is 1. The number of rotatable bonds is 7. The first-order chi connectivity index (χ1) is 14.4. The van der Waals surface area contributed by atoms with Gasteiger partial charge in [0.25, 0.3) is 5.69 Å². The van der Waals surface area contributed by atoms with Gasteiger partial charge in [0.05, 0.1) is 34.0 Å². The molecule has 1 aliphatic rings. The molecule has 1 unspecified atom stereocenters. The maximum Gasteiger partial charge on any atom is 0.271 e. The Kier molecular flexibility index (Phi) is 7.12. The summed E-state index contributed by atoms with van der Waals surface area (Å²) in [4.78, 5) is 27.4. The van der Waals surface area contributed by atoms with Crippen LogP contribution in [0.2, 0.25) is 5.02 Å². The third kappa shape index (κ3) is 5.01. The van der Waals surface area contributed by atoms with Crippen molar-refractivity contribution < 1.29 is 14.5 Å². The highest BCUT2D eigenvalue weighted by molar-refractivity contribution is 6.34. The number of amides is 1. The fraction of sp³-hybridized carbons (Fsp3) is 0.381. The van der Waals surface area contributed by atoms with Crippen LogP contribution >= 0.6 is 11.6 Å². The molecule has 1 N–H and O–H groups in total. The summed E-state index contributed by atoms with van der Waals surface area (Å²) in [6, 6.07) is 11.6. The average Bonchev–Trinajstić information content (AvgIpc) is 2.75. The topological polar surface area (TPSA) is 88.0 Å². The predicted octanol–water partition coefficient (Wildman–Crippen LogP) is 3.80. The molecule has 9 heteroatoms. The van der Waals surface area contributed by atoms with Gasteiger partial charge in [-0.15, -0.1) is 0 Å². The van der Waals surface area contributed by atoms with Gasteiger partial charge < -0.3 is 15.0 Å². The molecule has 8 nitrogen and oxygen atoms in total. The molecule has 160 valence electrons. The number of halogens is 1. The van der Waals surface area contributed by atoms with Gasteiger partial charge in [-0.1, -0.05) is 23.7 Å². The van der Waals surface area contributed by atoms with Gasteiger partial charge in [-0.2, -0.15) is 0 Å². The lowest BCUT2D eigenvalue weighted by molar-refractivity contribution is -0.384. The molecule has 1 aliphatic heterocycles. The Balaban J connectivity index is 1.59. The summed E-state index contributed by atoms with van der Waals surface area (Å²) in [5.74, 6) is 0.668. The van der Waals surface area contributed by atoms with E-state index in [-0.39, 0.29) is 22.7 Å². The monoisotopic (exact) mass is 432 g/mol. The van der Waals surface area contributed by atoms with Gasteiger partial charge in [0.2, 0.25) is 5.91 Å². The van der Waals surface area contributed by atoms with Gasteiger partial charge in [0.1, 0.15) is 5.75 Å². The number of carbonyl (C=O) groups is 1. The molecule has 0 aromatic heterocycles. The summed E-state index contributed by atoms with van der Waals surface area (Å²) in [5.41, 5.74) is 1.31. The molecule has 1 saturated heterocycles. The zero-order valence-electron chi connectivity index (χ0n) is 17.0. The first kappa shape index (κ1) is 21.9. The Morgan fingerprint density at radius 2 is 1.93 bits per heavy atom. The van der Waals surface area contributed by atoms with Crippen molar-refractivity contribution in [3.8, 4) is 5.75 Å². The number of benzene rings is 2. The first-order valence-corrected chi connectivity index (χ1v) is 10.2. The number of nitro groups is 1. The zero-order chi connectivity index (χ0) is 21.7. The van der Waals surface area contributed by atoms with Crippen molar-refractivity contribution in [3.05, 3.63) is 57.6 Å². The Labute approximate surface area is 180 Å². The van der Waals surface area contributed by atoms with Crippen LogP contribution in [0.5, 0.6) is 5.75 Å². The molecule has 0 bridgehead atoms. The lowest BCUT2D eigenvalue weighted by Crippen LogP contribution is -2.52. The number of hydrogen-bond acceptors (Lipinski definition) is 6. The summed E-state index contributed by atoms with van der Waals surface area (Å²) < 4.78 is 5.73. The van der Waals surface area contributed by atoms with Gasteiger partial charge in [-0.25, -0.2) is 0 Å². The number of hydrogen-bond donors (Lipinski definition) is 1. The fourth-order valence-corrected chi connectivity index (χ4v) is 3.69. The minimum absolute atomic E-state index is 0.116. The largest absolute Gasteiger partial charge is 0.492 e. The number of ether oxygens (including phenoxy) is 1. The molecule has 0 saturated carbocycles. The number of carbonyl (C=O) groups excluding carboxylic acids is 1. The molecule has 1 heterocycles. The Hall–Kier alpha value is -2.84. The van der Waals surface area contributed by atoms with Gasteiger partial charge in [-0.05, 0) is 32.0 Å². The SMILES string of the molecule is CCOc1ccccc1N1CCN(C(C)C(=O)Nc2ccc([N+](=O)[O-])cc2Cl)CC1. The summed E-state index contributed by atoms with van der Waals surface area (Å²) in [7, 11) is 0. The maximum atomic E-state index is 12.7. The number of anilines is 2. The molecular formula is C21H25ClN4O4. The molecule has 0 aliphatic carbocycles. The van der Waals surface area contributed by atoms with E-state index in [1.165, 1.54) is 18.2 Å². The van der Waals surface area contributed by atoms with E-state index >= 15 is 0 Å². The standard InChI is InChI=1S/C21H25ClN4O4/c1-3-30-20-7-5-4-6-19(20)25-12-10-24(11-13-25)15(2)21(27)23-18-9-8-16(26(28)29)14-17(18)22/h4-9,14-15H,3,10-13H2,1-2H3,(H,23,27). The van der Waals surface area contributed by atoms with Gasteiger partial charge in [0.15, 0.2) is 0 Å². The third-order valence-corrected chi connectivity index (χ3v) is 5.48. The molecule has 1 amide bonds. The van der Waals surface area contributed by atoms with Crippen molar-refractivity contribution in [1.29, 1.82) is 0 Å². The summed E-state index contributed by atoms with van der Waals surface area (Å²) >= 11 is 6.08. The normalized spacial score (nSPS) is 15.5. The third-order valence-electron chi connectivity index (χ3n) is 5.17. The van der Waals surface area contributed by atoms with E-state index in [4.69, 9.17) is 16.3 Å². The first-order valence-electron chi connectivity index (χ1n) is 9.86. The molecule has 0 radical (unpaired) electrons. The maximum absolute atomic E-state index is 12.7. The minimum Gasteiger partial charge on any atom is -0.492 e. The fourth-order valence-electron chi connectivity index (χ4n) is 3.47. The zero-order valence-corrected chi connectivity index (χ0v) is 17.8. The van der Waals surface area contributed by atoms with Crippen LogP contribution in [0.4, 0.5) is 17.1 Å². The molecule has 1 atom stereocenters. The molecule has 3 rings (SSSR count). The minimum atomic E-state index is -0.525. The van der Waals surface area contributed by atoms with Crippen molar-refractivity contribution in [1.82, 2.24) is 4.90 Å². The van der Waals surface area contributed by atoms with Crippen LogP contribution in [-0.2, 0) is 4.79 Å². The second-order valence-corrected chi connectivity index (χ2v) is 7.42. The average molecular weight is 433 g/mol. The van der Waals surface area contributed by atoms with Crippen molar-refractivity contribution >= 4 is 34.6 Å². The molecule has 30 heavy (non-hydrogen) atoms. The predicted molar refractivity (Wildman–Crippen MR) is 118 cm³/mol. The molecule has 0 spiro atoms. The van der Waals surface area contributed by atoms with E-state index in [1.807, 2.05) is 38.1 Å². The van der Waals surface area contributed by atoms with Crippen LogP contribution in [0, 0.1) is 10.1 Å². The van der Waals surface area contributed by atoms with Crippen LogP contribution < -0.4 is 15.0 Å². The Morgan fingerprint density at radius 3 is 2.57 bits per heavy atom. The number of non-ortho nitro benzene ring substituents is 1. The van der Waals surface area contributed by atoms with Crippen LogP contribution in [0.1, 0.15) is 13.8 Å². The summed E-state index contributed by atoms with van der Waals surface area (Å²) in [6.07, 6.45) is 0. The van der Waals surface area contributed by atoms with Crippen LogP contribution in [0.15, 0.2) is 42.5 Å². The Bertz CT molecular complexity index is 916. The number of para-hydroxylation sites is 2. The number of nitrogens with zero attached hydrogens (tertiary/aromatic N) is 3. The quantitative estimate of drug-likeness (QED) is 0.529. The lowest BCUT2D eigenvalue weighted by Gasteiger charge is -2.39. The molecule has 1 fully saturated rings. The summed E-state index contributed by atoms with van der Waals surface area (Å²) in [6.45, 7) is 7.43. The second kappa shape index (κ2) is 9.77. The van der Waals surface area contributed by atoms with Gasteiger partial charge in [-0.3, -0.25) is 19.8 Å². The van der Waals surface area contributed by atoms with E-state index in [1.54, 1.807) is 0 Å². The number of nitro benzene ring substituents is 1. The van der Waals surface area contributed by atoms with E-state index in [0.29, 0.717) is 12.3 Å². The number of nitrogens with one attached hydrogen (secondary N) is 1. The highest BCUT2D eigenvalue weighted by Crippen LogP contribution is 2.30. The van der Waals surface area contributed by atoms with E-state index in [0.717, 1.165) is 37.6 Å². The van der Waals surface area contributed by atoms with Crippen LogP contribution in [-0.4, -0.2) is 54.6 Å².